The highest BCUT2D eigenvalue weighted by Gasteiger charge is 2.34. The molecule has 2 aromatic carbocycles. The zero-order chi connectivity index (χ0) is 24.1. The van der Waals surface area contributed by atoms with Crippen LogP contribution in [-0.2, 0) is 9.53 Å². The SMILES string of the molecule is CCOC(=O)C1=C(O)C(=Cc2ccc(Sc3ccccc3)o2)SC1=NC(=O)c1ccc(C)cc1. The van der Waals surface area contributed by atoms with Gasteiger partial charge in [-0.1, -0.05) is 59.4 Å². The molecular weight excluding hydrogens is 470 g/mol. The van der Waals surface area contributed by atoms with Crippen molar-refractivity contribution in [3.8, 4) is 0 Å². The van der Waals surface area contributed by atoms with Crippen LogP contribution in [0.25, 0.3) is 6.08 Å². The highest BCUT2D eigenvalue weighted by Crippen LogP contribution is 2.40. The Morgan fingerprint density at radius 1 is 1.09 bits per heavy atom. The standard InChI is InChI=1S/C26H21NO5S2/c1-3-31-26(30)22-23(28)20(34-25(22)27-24(29)17-11-9-16(2)10-12-17)15-18-13-14-21(32-18)33-19-7-5-4-6-8-19/h4-15,28H,3H2,1-2H3. The minimum absolute atomic E-state index is 0.0817. The molecule has 8 heteroatoms. The van der Waals surface area contributed by atoms with E-state index in [0.717, 1.165) is 22.2 Å². The van der Waals surface area contributed by atoms with E-state index in [0.29, 0.717) is 21.3 Å². The quantitative estimate of drug-likeness (QED) is 0.397. The molecule has 4 rings (SSSR count). The number of aliphatic hydroxyl groups is 1. The zero-order valence-electron chi connectivity index (χ0n) is 18.5. The smallest absolute Gasteiger partial charge is 0.344 e. The van der Waals surface area contributed by atoms with E-state index in [4.69, 9.17) is 9.15 Å². The summed E-state index contributed by atoms with van der Waals surface area (Å²) in [6, 6.07) is 20.3. The second-order valence-corrected chi connectivity index (χ2v) is 9.32. The molecule has 6 nitrogen and oxygen atoms in total. The lowest BCUT2D eigenvalue weighted by atomic mass is 10.1. The van der Waals surface area contributed by atoms with Crippen LogP contribution in [-0.4, -0.2) is 28.6 Å². The Morgan fingerprint density at radius 3 is 2.53 bits per heavy atom. The number of nitrogens with zero attached hydrogens (tertiary/aromatic N) is 1. The predicted octanol–water partition coefficient (Wildman–Crippen LogP) is 6.44. The summed E-state index contributed by atoms with van der Waals surface area (Å²) >= 11 is 2.48. The summed E-state index contributed by atoms with van der Waals surface area (Å²) in [6.45, 7) is 3.70. The lowest BCUT2D eigenvalue weighted by Crippen LogP contribution is -2.14. The fourth-order valence-electron chi connectivity index (χ4n) is 3.05. The number of thioether (sulfide) groups is 1. The average molecular weight is 492 g/mol. The number of aliphatic imine (C=N–C) groups is 1. The number of aliphatic hydroxyl groups excluding tert-OH is 1. The first kappa shape index (κ1) is 23.7. The number of carbonyl (C=O) groups excluding carboxylic acids is 2. The summed E-state index contributed by atoms with van der Waals surface area (Å²) in [6.07, 6.45) is 1.60. The Kier molecular flexibility index (Phi) is 7.40. The summed E-state index contributed by atoms with van der Waals surface area (Å²) in [5.74, 6) is -1.07. The molecule has 0 saturated heterocycles. The normalized spacial score (nSPS) is 15.8. The Bertz CT molecular complexity index is 1300. The maximum atomic E-state index is 12.7. The molecule has 34 heavy (non-hydrogen) atoms. The van der Waals surface area contributed by atoms with Gasteiger partial charge in [0.05, 0.1) is 11.5 Å². The van der Waals surface area contributed by atoms with Crippen LogP contribution in [0.3, 0.4) is 0 Å². The number of furan rings is 1. The van der Waals surface area contributed by atoms with E-state index in [-0.39, 0.29) is 23.0 Å². The Balaban J connectivity index is 1.62. The molecule has 0 atom stereocenters. The van der Waals surface area contributed by atoms with Gasteiger partial charge in [-0.2, -0.15) is 0 Å². The topological polar surface area (TPSA) is 89.1 Å². The number of esters is 1. The highest BCUT2D eigenvalue weighted by atomic mass is 32.2. The number of hydrogen-bond donors (Lipinski definition) is 1. The number of ether oxygens (including phenoxy) is 1. The van der Waals surface area contributed by atoms with Crippen LogP contribution in [0.4, 0.5) is 0 Å². The summed E-state index contributed by atoms with van der Waals surface area (Å²) in [7, 11) is 0. The summed E-state index contributed by atoms with van der Waals surface area (Å²) in [4.78, 5) is 30.7. The fraction of sp³-hybridized carbons (Fsp3) is 0.115. The second-order valence-electron chi connectivity index (χ2n) is 7.21. The molecule has 0 saturated carbocycles. The van der Waals surface area contributed by atoms with Crippen molar-refractivity contribution < 1.29 is 23.8 Å². The van der Waals surface area contributed by atoms with Gasteiger partial charge in [0.2, 0.25) is 0 Å². The Morgan fingerprint density at radius 2 is 1.82 bits per heavy atom. The van der Waals surface area contributed by atoms with Crippen molar-refractivity contribution in [2.24, 2.45) is 4.99 Å². The Labute approximate surface area is 205 Å². The number of aryl methyl sites for hydroxylation is 1. The molecule has 1 aliphatic rings. The first-order valence-corrected chi connectivity index (χ1v) is 12.1. The summed E-state index contributed by atoms with van der Waals surface area (Å²) < 4.78 is 10.9. The van der Waals surface area contributed by atoms with Gasteiger partial charge in [-0.15, -0.1) is 0 Å². The second kappa shape index (κ2) is 10.6. The van der Waals surface area contributed by atoms with Gasteiger partial charge in [-0.05, 0) is 56.3 Å². The number of benzene rings is 2. The van der Waals surface area contributed by atoms with E-state index >= 15 is 0 Å². The first-order valence-electron chi connectivity index (χ1n) is 10.5. The molecule has 1 N–H and O–H groups in total. The largest absolute Gasteiger partial charge is 0.506 e. The van der Waals surface area contributed by atoms with Gasteiger partial charge in [0, 0.05) is 10.5 Å². The molecular formula is C26H21NO5S2. The third-order valence-electron chi connectivity index (χ3n) is 4.71. The number of amides is 1. The molecule has 172 valence electrons. The first-order chi connectivity index (χ1) is 16.4. The van der Waals surface area contributed by atoms with E-state index in [1.807, 2.05) is 55.5 Å². The molecule has 0 aliphatic carbocycles. The highest BCUT2D eigenvalue weighted by molar-refractivity contribution is 8.18. The minimum atomic E-state index is -0.744. The third-order valence-corrected chi connectivity index (χ3v) is 6.66. The lowest BCUT2D eigenvalue weighted by Gasteiger charge is -2.03. The van der Waals surface area contributed by atoms with Crippen molar-refractivity contribution in [1.82, 2.24) is 0 Å². The molecule has 0 spiro atoms. The van der Waals surface area contributed by atoms with Gasteiger partial charge >= 0.3 is 5.97 Å². The van der Waals surface area contributed by atoms with E-state index < -0.39 is 11.9 Å². The van der Waals surface area contributed by atoms with Crippen molar-refractivity contribution in [3.05, 3.63) is 99.9 Å². The van der Waals surface area contributed by atoms with Crippen LogP contribution >= 0.6 is 23.5 Å². The van der Waals surface area contributed by atoms with Crippen molar-refractivity contribution in [3.63, 3.8) is 0 Å². The predicted molar refractivity (Wildman–Crippen MR) is 134 cm³/mol. The minimum Gasteiger partial charge on any atom is -0.506 e. The molecule has 3 aromatic rings. The van der Waals surface area contributed by atoms with Crippen LogP contribution < -0.4 is 0 Å². The van der Waals surface area contributed by atoms with Crippen LogP contribution in [0.15, 0.2) is 102 Å². The number of rotatable bonds is 6. The van der Waals surface area contributed by atoms with Gasteiger partial charge in [0.15, 0.2) is 5.09 Å². The maximum Gasteiger partial charge on any atom is 0.344 e. The number of carbonyl (C=O) groups is 2. The molecule has 0 bridgehead atoms. The molecule has 2 heterocycles. The van der Waals surface area contributed by atoms with E-state index in [1.54, 1.807) is 31.2 Å². The van der Waals surface area contributed by atoms with Crippen LogP contribution in [0.5, 0.6) is 0 Å². The zero-order valence-corrected chi connectivity index (χ0v) is 20.1. The van der Waals surface area contributed by atoms with Crippen molar-refractivity contribution >= 4 is 46.5 Å². The lowest BCUT2D eigenvalue weighted by molar-refractivity contribution is -0.138. The molecule has 1 amide bonds. The van der Waals surface area contributed by atoms with E-state index in [1.165, 1.54) is 11.8 Å². The summed E-state index contributed by atoms with van der Waals surface area (Å²) in [5.41, 5.74) is 1.26. The van der Waals surface area contributed by atoms with Crippen LogP contribution in [0.1, 0.15) is 28.6 Å². The van der Waals surface area contributed by atoms with Gasteiger partial charge < -0.3 is 14.3 Å². The third kappa shape index (κ3) is 5.52. The van der Waals surface area contributed by atoms with Crippen LogP contribution in [0, 0.1) is 6.92 Å². The fourth-order valence-corrected chi connectivity index (χ4v) is 4.84. The average Bonchev–Trinajstić information content (AvgIpc) is 3.38. The van der Waals surface area contributed by atoms with Crippen molar-refractivity contribution in [2.45, 2.75) is 23.8 Å². The van der Waals surface area contributed by atoms with Crippen LogP contribution in [0.2, 0.25) is 0 Å². The van der Waals surface area contributed by atoms with Gasteiger partial charge in [-0.25, -0.2) is 9.79 Å². The maximum absolute atomic E-state index is 12.7. The van der Waals surface area contributed by atoms with Gasteiger partial charge in [-0.3, -0.25) is 4.79 Å². The van der Waals surface area contributed by atoms with Gasteiger partial charge in [0.25, 0.3) is 5.91 Å². The van der Waals surface area contributed by atoms with E-state index in [2.05, 4.69) is 4.99 Å². The molecule has 0 unspecified atom stereocenters. The van der Waals surface area contributed by atoms with Crippen molar-refractivity contribution in [2.75, 3.05) is 6.61 Å². The van der Waals surface area contributed by atoms with Gasteiger partial charge in [0.1, 0.15) is 22.1 Å². The number of hydrogen-bond acceptors (Lipinski definition) is 7. The molecule has 0 radical (unpaired) electrons. The van der Waals surface area contributed by atoms with E-state index in [9.17, 15) is 14.7 Å². The summed E-state index contributed by atoms with van der Waals surface area (Å²) in [5, 5.41) is 11.6. The molecule has 1 aromatic heterocycles. The molecule has 0 fully saturated rings. The van der Waals surface area contributed by atoms with Crippen molar-refractivity contribution in [1.29, 1.82) is 0 Å². The Hall–Kier alpha value is -3.49. The monoisotopic (exact) mass is 491 g/mol. The molecule has 1 aliphatic heterocycles.